The highest BCUT2D eigenvalue weighted by atomic mass is 35.5. The molecule has 2 aliphatic carbocycles. The second-order valence-corrected chi connectivity index (χ2v) is 14.0. The lowest BCUT2D eigenvalue weighted by Crippen LogP contribution is -2.60. The van der Waals surface area contributed by atoms with Crippen LogP contribution in [0.15, 0.2) is 78.4 Å². The Morgan fingerprint density at radius 3 is 2.23 bits per heavy atom. The number of rotatable bonds is 5. The minimum absolute atomic E-state index is 0.0157. The molecule has 0 unspecified atom stereocenters. The fourth-order valence-corrected chi connectivity index (χ4v) is 9.05. The number of alkyl halides is 2. The van der Waals surface area contributed by atoms with Crippen LogP contribution in [-0.4, -0.2) is 63.3 Å². The lowest BCUT2D eigenvalue weighted by molar-refractivity contribution is -0.138. The van der Waals surface area contributed by atoms with Gasteiger partial charge >= 0.3 is 0 Å². The Hall–Kier alpha value is -4.18. The van der Waals surface area contributed by atoms with Gasteiger partial charge in [0.05, 0.1) is 29.7 Å². The second kappa shape index (κ2) is 10.9. The van der Waals surface area contributed by atoms with Crippen molar-refractivity contribution < 1.29 is 33.8 Å². The molecule has 4 aliphatic rings. The first-order valence-electron chi connectivity index (χ1n) is 14.9. The number of halogens is 3. The summed E-state index contributed by atoms with van der Waals surface area (Å²) in [7, 11) is 2.64. The quantitative estimate of drug-likeness (QED) is 0.163. The first kappa shape index (κ1) is 31.4. The van der Waals surface area contributed by atoms with E-state index in [1.807, 2.05) is 6.07 Å². The number of ketones is 1. The average Bonchev–Trinajstić information content (AvgIpc) is 3.40. The number of hydrogen-bond acceptors (Lipinski definition) is 7. The van der Waals surface area contributed by atoms with Gasteiger partial charge in [-0.05, 0) is 60.7 Å². The van der Waals surface area contributed by atoms with Gasteiger partial charge in [0.25, 0.3) is 11.8 Å². The van der Waals surface area contributed by atoms with Gasteiger partial charge in [-0.1, -0.05) is 53.6 Å². The SMILES string of the molecule is COc1cc([C@H]2C3=CC[C@@H]4C(=O)N(c5ccc(C(=O)c6ccccc6)cc5)C(=O)[C@@H]4[C@@H]3C[C@@]3(Cl)C(=O)N(C)C(=O)[C@@]23Cl)cc(Cl)c1O. The number of methoxy groups -OCH3 is 1. The van der Waals surface area contributed by atoms with Gasteiger partial charge < -0.3 is 9.84 Å². The van der Waals surface area contributed by atoms with Crippen molar-refractivity contribution in [3.8, 4) is 11.5 Å². The second-order valence-electron chi connectivity index (χ2n) is 12.3. The van der Waals surface area contributed by atoms with Crippen molar-refractivity contribution in [3.05, 3.63) is 100 Å². The molecule has 2 aliphatic heterocycles. The molecule has 3 aromatic carbocycles. The first-order valence-corrected chi connectivity index (χ1v) is 16.0. The van der Waals surface area contributed by atoms with Crippen molar-refractivity contribution >= 4 is 69.9 Å². The number of phenolic OH excluding ortho intramolecular Hbond substituents is 1. The largest absolute Gasteiger partial charge is 0.503 e. The highest BCUT2D eigenvalue weighted by Crippen LogP contribution is 2.65. The number of ether oxygens (including phenoxy) is 1. The third-order valence-corrected chi connectivity index (χ3v) is 11.7. The van der Waals surface area contributed by atoms with Crippen LogP contribution in [0, 0.1) is 17.8 Å². The molecule has 0 aromatic heterocycles. The summed E-state index contributed by atoms with van der Waals surface area (Å²) >= 11 is 20.8. The summed E-state index contributed by atoms with van der Waals surface area (Å²) in [5, 5.41) is 10.4. The maximum absolute atomic E-state index is 14.3. The minimum Gasteiger partial charge on any atom is -0.503 e. The van der Waals surface area contributed by atoms with Crippen LogP contribution >= 0.6 is 34.8 Å². The number of allylic oxidation sites excluding steroid dienone is 2. The number of fused-ring (bicyclic) bond motifs is 4. The number of nitrogens with zero attached hydrogens (tertiary/aromatic N) is 2. The third-order valence-electron chi connectivity index (χ3n) is 10.0. The van der Waals surface area contributed by atoms with Crippen LogP contribution in [0.1, 0.15) is 40.2 Å². The van der Waals surface area contributed by atoms with Crippen molar-refractivity contribution in [2.24, 2.45) is 17.8 Å². The van der Waals surface area contributed by atoms with Gasteiger partial charge in [-0.3, -0.25) is 33.8 Å². The number of carbonyl (C=O) groups is 5. The maximum atomic E-state index is 14.3. The van der Waals surface area contributed by atoms with E-state index < -0.39 is 57.0 Å². The number of hydrogen-bond donors (Lipinski definition) is 1. The number of likely N-dealkylation sites (tertiary alicyclic amines) is 1. The smallest absolute Gasteiger partial charge is 0.253 e. The Morgan fingerprint density at radius 1 is 0.915 bits per heavy atom. The molecule has 0 spiro atoms. The molecule has 1 saturated carbocycles. The van der Waals surface area contributed by atoms with Gasteiger partial charge in [-0.15, -0.1) is 23.2 Å². The number of amides is 4. The van der Waals surface area contributed by atoms with E-state index in [1.165, 1.54) is 26.3 Å². The van der Waals surface area contributed by atoms with E-state index >= 15 is 0 Å². The van der Waals surface area contributed by atoms with Gasteiger partial charge in [0, 0.05) is 24.1 Å². The van der Waals surface area contributed by atoms with Crippen molar-refractivity contribution in [2.75, 3.05) is 19.1 Å². The van der Waals surface area contributed by atoms with E-state index in [0.717, 1.165) is 9.80 Å². The Kier molecular flexibility index (Phi) is 7.31. The number of imide groups is 2. The molecule has 4 amide bonds. The van der Waals surface area contributed by atoms with Crippen molar-refractivity contribution in [1.29, 1.82) is 0 Å². The third kappa shape index (κ3) is 4.26. The predicted molar refractivity (Wildman–Crippen MR) is 174 cm³/mol. The van der Waals surface area contributed by atoms with Crippen molar-refractivity contribution in [1.82, 2.24) is 4.90 Å². The molecule has 0 bridgehead atoms. The molecular weight excluding hydrogens is 667 g/mol. The number of aromatic hydroxyl groups is 1. The van der Waals surface area contributed by atoms with Crippen LogP contribution in [0.2, 0.25) is 5.02 Å². The molecule has 240 valence electrons. The zero-order valence-electron chi connectivity index (χ0n) is 25.1. The average molecular weight is 694 g/mol. The molecule has 7 rings (SSSR count). The fraction of sp³-hybridized carbons (Fsp3) is 0.286. The zero-order chi connectivity index (χ0) is 33.6. The number of carbonyl (C=O) groups excluding carboxylic acids is 5. The Morgan fingerprint density at radius 2 is 1.57 bits per heavy atom. The van der Waals surface area contributed by atoms with Gasteiger partial charge in [-0.25, -0.2) is 0 Å². The van der Waals surface area contributed by atoms with Crippen molar-refractivity contribution in [3.63, 3.8) is 0 Å². The van der Waals surface area contributed by atoms with Crippen molar-refractivity contribution in [2.45, 2.75) is 28.5 Å². The molecule has 12 heteroatoms. The summed E-state index contributed by atoms with van der Waals surface area (Å²) in [5.41, 5.74) is 2.14. The normalized spacial score (nSPS) is 29.8. The molecule has 6 atom stereocenters. The number of phenols is 1. The molecule has 1 N–H and O–H groups in total. The van der Waals surface area contributed by atoms with Crippen LogP contribution in [0.25, 0.3) is 0 Å². The van der Waals surface area contributed by atoms with Crippen LogP contribution in [0.4, 0.5) is 5.69 Å². The molecular formula is C35H27Cl3N2O7. The molecule has 9 nitrogen and oxygen atoms in total. The fourth-order valence-electron chi connectivity index (χ4n) is 7.81. The number of benzene rings is 3. The maximum Gasteiger partial charge on any atom is 0.253 e. The summed E-state index contributed by atoms with van der Waals surface area (Å²) in [5.74, 6) is -6.30. The summed E-state index contributed by atoms with van der Waals surface area (Å²) in [4.78, 5) is 66.6. The Bertz CT molecular complexity index is 1930. The van der Waals surface area contributed by atoms with E-state index in [-0.39, 0.29) is 35.1 Å². The lowest BCUT2D eigenvalue weighted by atomic mass is 9.56. The summed E-state index contributed by atoms with van der Waals surface area (Å²) in [6.45, 7) is 0. The first-order chi connectivity index (χ1) is 22.3. The van der Waals surface area contributed by atoms with Gasteiger partial charge in [0.2, 0.25) is 11.8 Å². The van der Waals surface area contributed by atoms with E-state index in [1.54, 1.807) is 54.6 Å². The van der Waals surface area contributed by atoms with Crippen LogP contribution in [-0.2, 0) is 19.2 Å². The minimum atomic E-state index is -2.01. The van der Waals surface area contributed by atoms with Crippen LogP contribution in [0.5, 0.6) is 11.5 Å². The summed E-state index contributed by atoms with van der Waals surface area (Å²) in [6.07, 6.45) is 1.80. The van der Waals surface area contributed by atoms with Crippen LogP contribution < -0.4 is 9.64 Å². The lowest BCUT2D eigenvalue weighted by Gasteiger charge is -2.50. The topological polar surface area (TPSA) is 121 Å². The predicted octanol–water partition coefficient (Wildman–Crippen LogP) is 5.48. The van der Waals surface area contributed by atoms with Gasteiger partial charge in [0.15, 0.2) is 27.0 Å². The monoisotopic (exact) mass is 692 g/mol. The molecule has 2 saturated heterocycles. The van der Waals surface area contributed by atoms with E-state index in [4.69, 9.17) is 39.5 Å². The molecule has 47 heavy (non-hydrogen) atoms. The molecule has 0 radical (unpaired) electrons. The molecule has 3 fully saturated rings. The van der Waals surface area contributed by atoms with E-state index in [2.05, 4.69) is 0 Å². The summed E-state index contributed by atoms with van der Waals surface area (Å²) < 4.78 is 5.32. The highest BCUT2D eigenvalue weighted by molar-refractivity contribution is 6.53. The van der Waals surface area contributed by atoms with E-state index in [9.17, 15) is 29.1 Å². The number of anilines is 1. The Labute approximate surface area is 284 Å². The van der Waals surface area contributed by atoms with Gasteiger partial charge in [0.1, 0.15) is 0 Å². The summed E-state index contributed by atoms with van der Waals surface area (Å²) in [6, 6.07) is 17.9. The Balaban J connectivity index is 1.30. The zero-order valence-corrected chi connectivity index (χ0v) is 27.3. The highest BCUT2D eigenvalue weighted by Gasteiger charge is 2.76. The van der Waals surface area contributed by atoms with Crippen LogP contribution in [0.3, 0.4) is 0 Å². The van der Waals surface area contributed by atoms with E-state index in [0.29, 0.717) is 28.0 Å². The molecule has 2 heterocycles. The van der Waals surface area contributed by atoms with Gasteiger partial charge in [-0.2, -0.15) is 0 Å². The standard InChI is InChI=1S/C35H27Cl3N2O7/c1-39-32(45)34(37)16-23-21(27(35(34,38)33(39)46)19-14-24(36)29(42)25(15-19)47-2)12-13-22-26(23)31(44)40(30(22)43)20-10-8-18(9-11-20)28(41)17-6-4-3-5-7-17/h3-12,14-15,22-23,26-27,42H,13,16H2,1-2H3/t22-,23+,26-,27-,34+,35-/m0/s1. The molecule has 3 aromatic rings.